The Morgan fingerprint density at radius 3 is 2.61 bits per heavy atom. The van der Waals surface area contributed by atoms with Gasteiger partial charge in [0, 0.05) is 0 Å². The minimum absolute atomic E-state index is 0.270. The molecule has 0 unspecified atom stereocenters. The van der Waals surface area contributed by atoms with Crippen LogP contribution in [-0.4, -0.2) is 23.9 Å². The summed E-state index contributed by atoms with van der Waals surface area (Å²) < 4.78 is 5.82. The first-order chi connectivity index (χ1) is 11.2. The highest BCUT2D eigenvalue weighted by Crippen LogP contribution is 2.35. The smallest absolute Gasteiger partial charge is 0.162 e. The van der Waals surface area contributed by atoms with E-state index >= 15 is 0 Å². The number of unbranched alkanes of at least 4 members (excludes halogenated alkanes) is 4. The van der Waals surface area contributed by atoms with Gasteiger partial charge in [0.05, 0.1) is 12.1 Å². The van der Waals surface area contributed by atoms with Crippen LogP contribution in [0.2, 0.25) is 0 Å². The Morgan fingerprint density at radius 2 is 1.91 bits per heavy atom. The molecule has 23 heavy (non-hydrogen) atoms. The molecular formula is C20H34NO2+. The van der Waals surface area contributed by atoms with Crippen LogP contribution in [0, 0.1) is 5.92 Å². The largest absolute Gasteiger partial charge is 0.494 e. The van der Waals surface area contributed by atoms with E-state index in [1.165, 1.54) is 37.7 Å². The molecule has 3 nitrogen and oxygen atoms in total. The zero-order valence-electron chi connectivity index (χ0n) is 14.7. The molecule has 130 valence electrons. The number of hydrogen-bond acceptors (Lipinski definition) is 2. The molecule has 1 saturated carbocycles. The summed E-state index contributed by atoms with van der Waals surface area (Å²) in [6.07, 6.45) is 10.7. The molecule has 0 saturated heterocycles. The molecule has 1 aliphatic rings. The first kappa shape index (κ1) is 18.3. The third-order valence-electron chi connectivity index (χ3n) is 5.26. The molecule has 2 rings (SSSR count). The molecule has 0 heterocycles. The van der Waals surface area contributed by atoms with Crippen molar-refractivity contribution in [2.75, 3.05) is 13.2 Å². The summed E-state index contributed by atoms with van der Waals surface area (Å²) in [5.74, 6) is 1.42. The van der Waals surface area contributed by atoms with Crippen LogP contribution >= 0.6 is 0 Å². The lowest BCUT2D eigenvalue weighted by molar-refractivity contribution is 0.160. The number of hydrogen-bond donors (Lipinski definition) is 1. The topological polar surface area (TPSA) is 58.1 Å². The van der Waals surface area contributed by atoms with Gasteiger partial charge in [0.15, 0.2) is 6.61 Å². The molecule has 2 atom stereocenters. The molecule has 3 heteroatoms. The van der Waals surface area contributed by atoms with E-state index in [1.54, 1.807) is 0 Å². The van der Waals surface area contributed by atoms with Crippen LogP contribution in [-0.2, 0) is 6.42 Å². The summed E-state index contributed by atoms with van der Waals surface area (Å²) in [7, 11) is 0. The molecule has 0 radical (unpaired) electrons. The van der Waals surface area contributed by atoms with Crippen molar-refractivity contribution in [1.82, 2.24) is 0 Å². The third kappa shape index (κ3) is 5.50. The second kappa shape index (κ2) is 9.29. The van der Waals surface area contributed by atoms with Crippen molar-refractivity contribution < 1.29 is 9.84 Å². The monoisotopic (exact) mass is 320 g/mol. The van der Waals surface area contributed by atoms with Gasteiger partial charge < -0.3 is 15.6 Å². The molecule has 0 aliphatic heterocycles. The molecule has 4 N–H and O–H groups in total. The van der Waals surface area contributed by atoms with Gasteiger partial charge in [-0.25, -0.2) is 0 Å². The fraction of sp³-hybridized carbons (Fsp3) is 0.700. The van der Waals surface area contributed by atoms with E-state index < -0.39 is 0 Å². The Morgan fingerprint density at radius 1 is 1.17 bits per heavy atom. The molecule has 0 spiro atoms. The van der Waals surface area contributed by atoms with Gasteiger partial charge in [-0.2, -0.15) is 0 Å². The third-order valence-corrected chi connectivity index (χ3v) is 5.26. The normalized spacial score (nSPS) is 24.0. The van der Waals surface area contributed by atoms with Crippen molar-refractivity contribution in [2.24, 2.45) is 11.7 Å². The second-order valence-electron chi connectivity index (χ2n) is 7.11. The maximum Gasteiger partial charge on any atom is 0.162 e. The lowest BCUT2D eigenvalue weighted by Gasteiger charge is -2.27. The number of nitrogens with two attached hydrogens (primary N) is 1. The van der Waals surface area contributed by atoms with Crippen LogP contribution in [0.25, 0.3) is 0 Å². The zero-order valence-corrected chi connectivity index (χ0v) is 14.7. The number of benzene rings is 1. The van der Waals surface area contributed by atoms with Gasteiger partial charge in [-0.05, 0) is 49.3 Å². The lowest BCUT2D eigenvalue weighted by Crippen LogP contribution is -2.47. The standard InChI is InChI=1S/C20H33NO2/c1-2-3-4-5-6-14-23-19-11-9-17(10-12-19)15-18-8-7-13-20(18,21)16-22/h9-12,18,22H,2-8,13-16,21H2,1H3/p+1/t18-,20+/m0/s1. The fourth-order valence-electron chi connectivity index (χ4n) is 3.61. The highest BCUT2D eigenvalue weighted by Gasteiger charge is 2.40. The van der Waals surface area contributed by atoms with Crippen LogP contribution in [0.15, 0.2) is 24.3 Å². The SMILES string of the molecule is CCCCCCCOc1ccc(C[C@@H]2CCC[C@@]2(N)C[OH2+])cc1. The summed E-state index contributed by atoms with van der Waals surface area (Å²) in [6, 6.07) is 8.48. The quantitative estimate of drug-likeness (QED) is 0.526. The van der Waals surface area contributed by atoms with Crippen molar-refractivity contribution >= 4 is 0 Å². The minimum atomic E-state index is -0.270. The summed E-state index contributed by atoms with van der Waals surface area (Å²) in [6.45, 7) is 3.40. The molecule has 0 aromatic heterocycles. The molecule has 1 aromatic carbocycles. The van der Waals surface area contributed by atoms with Gasteiger partial charge in [0.25, 0.3) is 0 Å². The van der Waals surface area contributed by atoms with Gasteiger partial charge >= 0.3 is 0 Å². The van der Waals surface area contributed by atoms with Crippen molar-refractivity contribution in [2.45, 2.75) is 70.3 Å². The maximum atomic E-state index is 7.72. The van der Waals surface area contributed by atoms with E-state index in [2.05, 4.69) is 31.2 Å². The molecule has 0 bridgehead atoms. The zero-order chi connectivity index (χ0) is 16.5. The fourth-order valence-corrected chi connectivity index (χ4v) is 3.61. The summed E-state index contributed by atoms with van der Waals surface area (Å²) >= 11 is 0. The number of ether oxygens (including phenoxy) is 1. The van der Waals surface area contributed by atoms with Crippen molar-refractivity contribution in [3.8, 4) is 5.75 Å². The summed E-state index contributed by atoms with van der Waals surface area (Å²) in [5, 5.41) is 7.72. The predicted octanol–water partition coefficient (Wildman–Crippen LogP) is 3.80. The molecule has 1 aromatic rings. The minimum Gasteiger partial charge on any atom is -0.494 e. The van der Waals surface area contributed by atoms with Gasteiger partial charge in [-0.3, -0.25) is 0 Å². The van der Waals surface area contributed by atoms with E-state index in [9.17, 15) is 0 Å². The van der Waals surface area contributed by atoms with Crippen LogP contribution < -0.4 is 10.5 Å². The maximum absolute atomic E-state index is 7.72. The van der Waals surface area contributed by atoms with E-state index in [4.69, 9.17) is 15.6 Å². The van der Waals surface area contributed by atoms with Gasteiger partial charge in [-0.1, -0.05) is 51.2 Å². The molecule has 1 fully saturated rings. The first-order valence-corrected chi connectivity index (χ1v) is 9.33. The van der Waals surface area contributed by atoms with Crippen molar-refractivity contribution in [3.63, 3.8) is 0 Å². The van der Waals surface area contributed by atoms with Crippen molar-refractivity contribution in [1.29, 1.82) is 0 Å². The first-order valence-electron chi connectivity index (χ1n) is 9.33. The molecule has 1 aliphatic carbocycles. The van der Waals surface area contributed by atoms with Crippen LogP contribution in [0.5, 0.6) is 5.75 Å². The Bertz CT molecular complexity index is 445. The van der Waals surface area contributed by atoms with E-state index in [1.807, 2.05) is 0 Å². The van der Waals surface area contributed by atoms with Crippen LogP contribution in [0.4, 0.5) is 0 Å². The average Bonchev–Trinajstić information content (AvgIpc) is 2.94. The highest BCUT2D eigenvalue weighted by atomic mass is 16.5. The Kier molecular flexibility index (Phi) is 7.38. The predicted molar refractivity (Wildman–Crippen MR) is 97.1 cm³/mol. The van der Waals surface area contributed by atoms with E-state index in [0.717, 1.165) is 38.0 Å². The van der Waals surface area contributed by atoms with Crippen molar-refractivity contribution in [3.05, 3.63) is 29.8 Å². The second-order valence-corrected chi connectivity index (χ2v) is 7.11. The Balaban J connectivity index is 1.74. The van der Waals surface area contributed by atoms with E-state index in [-0.39, 0.29) is 5.54 Å². The van der Waals surface area contributed by atoms with Gasteiger partial charge in [0.2, 0.25) is 0 Å². The van der Waals surface area contributed by atoms with Gasteiger partial charge in [-0.15, -0.1) is 0 Å². The molecule has 0 amide bonds. The highest BCUT2D eigenvalue weighted by molar-refractivity contribution is 5.28. The van der Waals surface area contributed by atoms with Gasteiger partial charge in [0.1, 0.15) is 5.75 Å². The molecular weight excluding hydrogens is 286 g/mol. The van der Waals surface area contributed by atoms with Crippen LogP contribution in [0.1, 0.15) is 63.9 Å². The Hall–Kier alpha value is -1.06. The summed E-state index contributed by atoms with van der Waals surface area (Å²) in [5.41, 5.74) is 7.43. The summed E-state index contributed by atoms with van der Waals surface area (Å²) in [4.78, 5) is 0. The lowest BCUT2D eigenvalue weighted by atomic mass is 9.84. The Labute approximate surface area is 141 Å². The average molecular weight is 320 g/mol. The van der Waals surface area contributed by atoms with Crippen LogP contribution in [0.3, 0.4) is 0 Å². The number of rotatable bonds is 10. The van der Waals surface area contributed by atoms with E-state index in [0.29, 0.717) is 12.5 Å².